The highest BCUT2D eigenvalue weighted by molar-refractivity contribution is 5.98. The third-order valence-electron chi connectivity index (χ3n) is 8.24. The van der Waals surface area contributed by atoms with E-state index >= 15 is 0 Å². The first-order chi connectivity index (χ1) is 15.6. The van der Waals surface area contributed by atoms with Gasteiger partial charge in [0.1, 0.15) is 0 Å². The summed E-state index contributed by atoms with van der Waals surface area (Å²) < 4.78 is 0. The van der Waals surface area contributed by atoms with Gasteiger partial charge >= 0.3 is 0 Å². The molecule has 1 amide bonds. The Morgan fingerprint density at radius 2 is 1.50 bits per heavy atom. The van der Waals surface area contributed by atoms with Crippen LogP contribution in [0.1, 0.15) is 67.3 Å². The number of benzene rings is 2. The topological polar surface area (TPSA) is 57.6 Å². The van der Waals surface area contributed by atoms with E-state index < -0.39 is 5.60 Å². The standard InChI is InChI=1S/C28H33NO3/c30-26(20-9-3-1-4-10-20)21-15-16-22(19-21)27(31)29-18-17-28(32,23-11-5-2-6-12-23)24-13-7-8-14-25(24)29/h1-6,9-12,21-22,24-25,32H,7-8,13-19H2/t21?,22?,24-,25+,28?/m1/s1. The largest absolute Gasteiger partial charge is 0.385 e. The fourth-order valence-corrected chi connectivity index (χ4v) is 6.56. The average molecular weight is 432 g/mol. The maximum Gasteiger partial charge on any atom is 0.225 e. The second-order valence-corrected chi connectivity index (χ2v) is 9.97. The number of Topliss-reactive ketones (excluding diaryl/α,β-unsaturated/α-hetero) is 1. The molecule has 1 aliphatic heterocycles. The number of carbonyl (C=O) groups is 2. The highest BCUT2D eigenvalue weighted by Crippen LogP contribution is 2.48. The van der Waals surface area contributed by atoms with E-state index in [0.717, 1.165) is 49.7 Å². The fourth-order valence-electron chi connectivity index (χ4n) is 6.56. The van der Waals surface area contributed by atoms with E-state index in [-0.39, 0.29) is 35.5 Å². The molecule has 0 radical (unpaired) electrons. The number of piperidine rings is 1. The Bertz CT molecular complexity index is 959. The molecule has 3 unspecified atom stereocenters. The lowest BCUT2D eigenvalue weighted by atomic mass is 9.66. The molecule has 4 nitrogen and oxygen atoms in total. The zero-order valence-corrected chi connectivity index (χ0v) is 18.7. The van der Waals surface area contributed by atoms with Gasteiger partial charge in [0.05, 0.1) is 5.60 Å². The van der Waals surface area contributed by atoms with Gasteiger partial charge in [0.25, 0.3) is 0 Å². The lowest BCUT2D eigenvalue weighted by Gasteiger charge is -2.53. The summed E-state index contributed by atoms with van der Waals surface area (Å²) in [4.78, 5) is 28.6. The number of fused-ring (bicyclic) bond motifs is 1. The van der Waals surface area contributed by atoms with E-state index in [4.69, 9.17) is 0 Å². The van der Waals surface area contributed by atoms with Gasteiger partial charge in [-0.15, -0.1) is 0 Å². The molecule has 0 spiro atoms. The summed E-state index contributed by atoms with van der Waals surface area (Å²) in [7, 11) is 0. The van der Waals surface area contributed by atoms with Crippen molar-refractivity contribution in [1.29, 1.82) is 0 Å². The normalized spacial score (nSPS) is 32.3. The minimum absolute atomic E-state index is 0.0560. The predicted molar refractivity (Wildman–Crippen MR) is 124 cm³/mol. The van der Waals surface area contributed by atoms with Crippen molar-refractivity contribution >= 4 is 11.7 Å². The lowest BCUT2D eigenvalue weighted by Crippen LogP contribution is -2.59. The van der Waals surface area contributed by atoms with Crippen molar-refractivity contribution in [3.05, 3.63) is 71.8 Å². The number of ketones is 1. The molecule has 5 rings (SSSR count). The summed E-state index contributed by atoms with van der Waals surface area (Å²) in [5, 5.41) is 11.8. The molecule has 1 N–H and O–H groups in total. The summed E-state index contributed by atoms with van der Waals surface area (Å²) in [6, 6.07) is 19.6. The third-order valence-corrected chi connectivity index (χ3v) is 8.24. The Balaban J connectivity index is 1.31. The van der Waals surface area contributed by atoms with Crippen molar-refractivity contribution in [1.82, 2.24) is 4.90 Å². The Labute approximate surface area is 190 Å². The number of likely N-dealkylation sites (tertiary alicyclic amines) is 1. The van der Waals surface area contributed by atoms with Crippen LogP contribution in [0.4, 0.5) is 0 Å². The van der Waals surface area contributed by atoms with Crippen LogP contribution in [-0.2, 0) is 10.4 Å². The molecule has 3 fully saturated rings. The number of hydrogen-bond acceptors (Lipinski definition) is 3. The number of nitrogens with zero attached hydrogens (tertiary/aromatic N) is 1. The van der Waals surface area contributed by atoms with Gasteiger partial charge in [0.15, 0.2) is 5.78 Å². The maximum atomic E-state index is 13.6. The Kier molecular flexibility index (Phi) is 5.90. The van der Waals surface area contributed by atoms with Crippen molar-refractivity contribution in [2.75, 3.05) is 6.54 Å². The second-order valence-electron chi connectivity index (χ2n) is 9.97. The second kappa shape index (κ2) is 8.82. The van der Waals surface area contributed by atoms with Gasteiger partial charge in [-0.1, -0.05) is 73.5 Å². The van der Waals surface area contributed by atoms with E-state index in [9.17, 15) is 14.7 Å². The van der Waals surface area contributed by atoms with Crippen molar-refractivity contribution in [2.24, 2.45) is 17.8 Å². The van der Waals surface area contributed by atoms with Crippen LogP contribution >= 0.6 is 0 Å². The molecule has 2 aromatic rings. The van der Waals surface area contributed by atoms with Crippen molar-refractivity contribution < 1.29 is 14.7 Å². The zero-order chi connectivity index (χ0) is 22.1. The fraction of sp³-hybridized carbons (Fsp3) is 0.500. The monoisotopic (exact) mass is 431 g/mol. The van der Waals surface area contributed by atoms with E-state index in [2.05, 4.69) is 4.90 Å². The third kappa shape index (κ3) is 3.79. The van der Waals surface area contributed by atoms with Crippen molar-refractivity contribution in [3.63, 3.8) is 0 Å². The average Bonchev–Trinajstić information content (AvgIpc) is 3.35. The molecule has 1 saturated heterocycles. The number of aliphatic hydroxyl groups is 1. The van der Waals surface area contributed by atoms with Gasteiger partial charge in [-0.05, 0) is 44.1 Å². The maximum absolute atomic E-state index is 13.6. The highest BCUT2D eigenvalue weighted by atomic mass is 16.3. The molecule has 2 aromatic carbocycles. The minimum atomic E-state index is -0.857. The Morgan fingerprint density at radius 3 is 2.25 bits per heavy atom. The van der Waals surface area contributed by atoms with E-state index in [1.165, 1.54) is 0 Å². The quantitative estimate of drug-likeness (QED) is 0.696. The minimum Gasteiger partial charge on any atom is -0.385 e. The summed E-state index contributed by atoms with van der Waals surface area (Å²) in [5.74, 6) is 0.339. The molecule has 32 heavy (non-hydrogen) atoms. The molecule has 1 heterocycles. The predicted octanol–water partition coefficient (Wildman–Crippen LogP) is 4.96. The molecule has 2 aliphatic carbocycles. The molecule has 0 bridgehead atoms. The summed E-state index contributed by atoms with van der Waals surface area (Å²) >= 11 is 0. The first kappa shape index (κ1) is 21.4. The van der Waals surface area contributed by atoms with Crippen LogP contribution in [0.5, 0.6) is 0 Å². The molecule has 168 valence electrons. The van der Waals surface area contributed by atoms with Gasteiger partial charge in [0.2, 0.25) is 5.91 Å². The highest BCUT2D eigenvalue weighted by Gasteiger charge is 2.51. The first-order valence-corrected chi connectivity index (χ1v) is 12.3. The Morgan fingerprint density at radius 1 is 0.844 bits per heavy atom. The first-order valence-electron chi connectivity index (χ1n) is 12.3. The van der Waals surface area contributed by atoms with Crippen molar-refractivity contribution in [3.8, 4) is 0 Å². The Hall–Kier alpha value is -2.46. The summed E-state index contributed by atoms with van der Waals surface area (Å²) in [6.45, 7) is 0.596. The van der Waals surface area contributed by atoms with Crippen LogP contribution in [0.25, 0.3) is 0 Å². The number of rotatable bonds is 4. The zero-order valence-electron chi connectivity index (χ0n) is 18.7. The molecular formula is C28H33NO3. The van der Waals surface area contributed by atoms with E-state index in [1.807, 2.05) is 60.7 Å². The van der Waals surface area contributed by atoms with Gasteiger partial charge in [-0.2, -0.15) is 0 Å². The van der Waals surface area contributed by atoms with Crippen LogP contribution in [-0.4, -0.2) is 34.3 Å². The van der Waals surface area contributed by atoms with Crippen LogP contribution < -0.4 is 0 Å². The van der Waals surface area contributed by atoms with Crippen LogP contribution in [0.2, 0.25) is 0 Å². The summed E-state index contributed by atoms with van der Waals surface area (Å²) in [5.41, 5.74) is 0.882. The molecule has 5 atom stereocenters. The van der Waals surface area contributed by atoms with Gasteiger partial charge in [-0.3, -0.25) is 9.59 Å². The van der Waals surface area contributed by atoms with Gasteiger partial charge in [-0.25, -0.2) is 0 Å². The molecule has 2 saturated carbocycles. The smallest absolute Gasteiger partial charge is 0.225 e. The molecule has 4 heteroatoms. The molecule has 0 aromatic heterocycles. The van der Waals surface area contributed by atoms with Crippen LogP contribution in [0, 0.1) is 17.8 Å². The summed E-state index contributed by atoms with van der Waals surface area (Å²) in [6.07, 6.45) is 6.96. The van der Waals surface area contributed by atoms with Crippen molar-refractivity contribution in [2.45, 2.75) is 63.0 Å². The van der Waals surface area contributed by atoms with E-state index in [1.54, 1.807) is 0 Å². The SMILES string of the molecule is O=C(c1ccccc1)C1CCC(C(=O)N2CCC(O)(c3ccccc3)[C@@H]3CCCC[C@@H]32)C1. The van der Waals surface area contributed by atoms with Crippen LogP contribution in [0.3, 0.4) is 0 Å². The number of amides is 1. The molecule has 3 aliphatic rings. The number of carbonyl (C=O) groups excluding carboxylic acids is 2. The van der Waals surface area contributed by atoms with Gasteiger partial charge in [0, 0.05) is 35.9 Å². The van der Waals surface area contributed by atoms with E-state index in [0.29, 0.717) is 19.4 Å². The molecular weight excluding hydrogens is 398 g/mol. The van der Waals surface area contributed by atoms with Gasteiger partial charge < -0.3 is 10.0 Å². The number of hydrogen-bond donors (Lipinski definition) is 1. The lowest BCUT2D eigenvalue weighted by molar-refractivity contribution is -0.158. The van der Waals surface area contributed by atoms with Crippen LogP contribution in [0.15, 0.2) is 60.7 Å².